The fourth-order valence-electron chi connectivity index (χ4n) is 1.86. The molecule has 26 heavy (non-hydrogen) atoms. The highest BCUT2D eigenvalue weighted by Crippen LogP contribution is 2.18. The molecule has 0 atom stereocenters. The third kappa shape index (κ3) is 5.03. The second kappa shape index (κ2) is 7.96. The highest BCUT2D eigenvalue weighted by Gasteiger charge is 2.18. The van der Waals surface area contributed by atoms with E-state index in [-0.39, 0.29) is 16.1 Å². The van der Waals surface area contributed by atoms with Crippen LogP contribution in [0.25, 0.3) is 0 Å². The maximum Gasteiger partial charge on any atom is 0.338 e. The largest absolute Gasteiger partial charge is 0.452 e. The number of hydrogen-bond acceptors (Lipinski definition) is 5. The molecule has 1 amide bonds. The zero-order valence-corrected chi connectivity index (χ0v) is 14.9. The van der Waals surface area contributed by atoms with Gasteiger partial charge in [0.05, 0.1) is 10.5 Å². The van der Waals surface area contributed by atoms with Crippen molar-refractivity contribution >= 4 is 27.6 Å². The summed E-state index contributed by atoms with van der Waals surface area (Å²) in [6, 6.07) is 9.97. The number of ether oxygens (including phenoxy) is 1. The van der Waals surface area contributed by atoms with Crippen LogP contribution in [0.3, 0.4) is 0 Å². The van der Waals surface area contributed by atoms with Crippen molar-refractivity contribution in [2.24, 2.45) is 0 Å². The van der Waals surface area contributed by atoms with Crippen LogP contribution in [0.15, 0.2) is 53.4 Å². The number of benzene rings is 2. The molecule has 0 fully saturated rings. The first-order valence-electron chi connectivity index (χ1n) is 7.45. The Labute approximate surface area is 150 Å². The molecule has 0 bridgehead atoms. The van der Waals surface area contributed by atoms with Crippen LogP contribution in [0, 0.1) is 5.82 Å². The highest BCUT2D eigenvalue weighted by atomic mass is 32.2. The zero-order valence-electron chi connectivity index (χ0n) is 14.1. The lowest BCUT2D eigenvalue weighted by Gasteiger charge is -2.11. The van der Waals surface area contributed by atoms with E-state index >= 15 is 0 Å². The molecule has 0 spiro atoms. The smallest absolute Gasteiger partial charge is 0.338 e. The van der Waals surface area contributed by atoms with Crippen molar-refractivity contribution in [2.75, 3.05) is 25.4 Å². The van der Waals surface area contributed by atoms with Gasteiger partial charge in [-0.1, -0.05) is 6.07 Å². The van der Waals surface area contributed by atoms with Crippen LogP contribution in [0.2, 0.25) is 0 Å². The Kier molecular flexibility index (Phi) is 5.93. The van der Waals surface area contributed by atoms with Gasteiger partial charge in [-0.3, -0.25) is 9.52 Å². The first-order valence-corrected chi connectivity index (χ1v) is 8.93. The number of sulfonamides is 1. The lowest BCUT2D eigenvalue weighted by atomic mass is 10.2. The van der Waals surface area contributed by atoms with Gasteiger partial charge in [-0.15, -0.1) is 0 Å². The molecule has 0 aliphatic carbocycles. The van der Waals surface area contributed by atoms with Crippen molar-refractivity contribution in [3.05, 3.63) is 59.9 Å². The lowest BCUT2D eigenvalue weighted by molar-refractivity contribution is -0.131. The maximum absolute atomic E-state index is 12.9. The molecule has 0 saturated carbocycles. The van der Waals surface area contributed by atoms with E-state index in [1.54, 1.807) is 0 Å². The number of nitrogens with one attached hydrogen (secondary N) is 1. The molecule has 1 N–H and O–H groups in total. The third-order valence-electron chi connectivity index (χ3n) is 3.30. The quantitative estimate of drug-likeness (QED) is 0.773. The second-order valence-electron chi connectivity index (χ2n) is 5.50. The topological polar surface area (TPSA) is 92.8 Å². The van der Waals surface area contributed by atoms with Crippen molar-refractivity contribution < 1.29 is 27.1 Å². The first-order chi connectivity index (χ1) is 12.2. The molecule has 2 aromatic carbocycles. The van der Waals surface area contributed by atoms with Gasteiger partial charge in [-0.2, -0.15) is 0 Å². The van der Waals surface area contributed by atoms with Crippen LogP contribution >= 0.6 is 0 Å². The number of likely N-dealkylation sites (N-methyl/N-ethyl adjacent to an activating group) is 1. The molecule has 0 heterocycles. The minimum atomic E-state index is -3.98. The van der Waals surface area contributed by atoms with Gasteiger partial charge in [0, 0.05) is 19.8 Å². The zero-order chi connectivity index (χ0) is 19.3. The Balaban J connectivity index is 2.15. The number of esters is 1. The van der Waals surface area contributed by atoms with E-state index < -0.39 is 34.3 Å². The van der Waals surface area contributed by atoms with E-state index in [0.29, 0.717) is 0 Å². The second-order valence-corrected chi connectivity index (χ2v) is 7.19. The lowest BCUT2D eigenvalue weighted by Crippen LogP contribution is -2.27. The Hall–Kier alpha value is -2.94. The number of amides is 1. The molecular formula is C17H17FN2O5S. The summed E-state index contributed by atoms with van der Waals surface area (Å²) in [6.07, 6.45) is 0. The van der Waals surface area contributed by atoms with Crippen molar-refractivity contribution in [3.63, 3.8) is 0 Å². The van der Waals surface area contributed by atoms with E-state index in [9.17, 15) is 22.4 Å². The van der Waals surface area contributed by atoms with E-state index in [2.05, 4.69) is 4.72 Å². The van der Waals surface area contributed by atoms with Crippen LogP contribution in [0.5, 0.6) is 0 Å². The van der Waals surface area contributed by atoms with Crippen LogP contribution in [-0.2, 0) is 19.6 Å². The highest BCUT2D eigenvalue weighted by molar-refractivity contribution is 7.92. The summed E-state index contributed by atoms with van der Waals surface area (Å²) in [5.41, 5.74) is 0.162. The Morgan fingerprint density at radius 2 is 1.77 bits per heavy atom. The molecule has 0 radical (unpaired) electrons. The van der Waals surface area contributed by atoms with Gasteiger partial charge in [0.15, 0.2) is 6.61 Å². The molecule has 0 unspecified atom stereocenters. The average molecular weight is 380 g/mol. The average Bonchev–Trinajstić information content (AvgIpc) is 2.61. The van der Waals surface area contributed by atoms with E-state index in [4.69, 9.17) is 4.74 Å². The maximum atomic E-state index is 12.9. The number of halogens is 1. The Morgan fingerprint density at radius 1 is 1.12 bits per heavy atom. The molecule has 2 aromatic rings. The number of rotatable bonds is 6. The molecular weight excluding hydrogens is 363 g/mol. The molecule has 0 aliphatic heterocycles. The van der Waals surface area contributed by atoms with Gasteiger partial charge >= 0.3 is 5.97 Å². The number of nitrogens with zero attached hydrogens (tertiary/aromatic N) is 1. The molecule has 0 saturated heterocycles. The summed E-state index contributed by atoms with van der Waals surface area (Å²) in [7, 11) is -0.946. The molecule has 7 nitrogen and oxygen atoms in total. The molecule has 0 aliphatic rings. The van der Waals surface area contributed by atoms with Crippen molar-refractivity contribution in [1.82, 2.24) is 4.90 Å². The first kappa shape index (κ1) is 19.4. The number of anilines is 1. The van der Waals surface area contributed by atoms with Gasteiger partial charge in [0.2, 0.25) is 0 Å². The molecule has 9 heteroatoms. The molecule has 0 aromatic heterocycles. The Bertz CT molecular complexity index is 911. The van der Waals surface area contributed by atoms with E-state index in [1.807, 2.05) is 0 Å². The van der Waals surface area contributed by atoms with Crippen LogP contribution in [-0.4, -0.2) is 45.9 Å². The standard InChI is InChI=1S/C17H17FN2O5S/c1-20(2)16(21)11-25-17(22)12-4-3-5-15(10-12)26(23,24)19-14-8-6-13(18)7-9-14/h3-10,19H,11H2,1-2H3. The monoisotopic (exact) mass is 380 g/mol. The molecule has 2 rings (SSSR count). The van der Waals surface area contributed by atoms with E-state index in [0.717, 1.165) is 18.2 Å². The summed E-state index contributed by atoms with van der Waals surface area (Å²) in [6.45, 7) is -0.448. The summed E-state index contributed by atoms with van der Waals surface area (Å²) < 4.78 is 44.9. The van der Waals surface area contributed by atoms with Gasteiger partial charge in [0.25, 0.3) is 15.9 Å². The summed E-state index contributed by atoms with van der Waals surface area (Å²) in [4.78, 5) is 24.5. The van der Waals surface area contributed by atoms with Gasteiger partial charge < -0.3 is 9.64 Å². The number of hydrogen-bond donors (Lipinski definition) is 1. The molecule has 138 valence electrons. The SMILES string of the molecule is CN(C)C(=O)COC(=O)c1cccc(S(=O)(=O)Nc2ccc(F)cc2)c1. The predicted octanol–water partition coefficient (Wildman–Crippen LogP) is 1.87. The van der Waals surface area contributed by atoms with Crippen molar-refractivity contribution in [1.29, 1.82) is 0 Å². The predicted molar refractivity (Wildman–Crippen MR) is 92.6 cm³/mol. The van der Waals surface area contributed by atoms with Crippen LogP contribution in [0.1, 0.15) is 10.4 Å². The van der Waals surface area contributed by atoms with Gasteiger partial charge in [-0.05, 0) is 42.5 Å². The van der Waals surface area contributed by atoms with Crippen molar-refractivity contribution in [2.45, 2.75) is 4.90 Å². The minimum absolute atomic E-state index is 0.0152. The van der Waals surface area contributed by atoms with Gasteiger partial charge in [0.1, 0.15) is 5.82 Å². The summed E-state index contributed by atoms with van der Waals surface area (Å²) in [5, 5.41) is 0. The van der Waals surface area contributed by atoms with Crippen molar-refractivity contribution in [3.8, 4) is 0 Å². The summed E-state index contributed by atoms with van der Waals surface area (Å²) in [5.74, 6) is -1.72. The number of carbonyl (C=O) groups is 2. The van der Waals surface area contributed by atoms with E-state index in [1.165, 1.54) is 49.3 Å². The van der Waals surface area contributed by atoms with Crippen LogP contribution in [0.4, 0.5) is 10.1 Å². The summed E-state index contributed by atoms with van der Waals surface area (Å²) >= 11 is 0. The Morgan fingerprint density at radius 3 is 2.38 bits per heavy atom. The normalized spacial score (nSPS) is 10.9. The van der Waals surface area contributed by atoms with Gasteiger partial charge in [-0.25, -0.2) is 17.6 Å². The fourth-order valence-corrected chi connectivity index (χ4v) is 2.97. The van der Waals surface area contributed by atoms with Crippen LogP contribution < -0.4 is 4.72 Å². The fraction of sp³-hybridized carbons (Fsp3) is 0.176. The minimum Gasteiger partial charge on any atom is -0.452 e. The number of carbonyl (C=O) groups excluding carboxylic acids is 2. The third-order valence-corrected chi connectivity index (χ3v) is 4.68.